The van der Waals surface area contributed by atoms with E-state index < -0.39 is 0 Å². The van der Waals surface area contributed by atoms with Gasteiger partial charge >= 0.3 is 118 Å². The molecule has 3 rings (SSSR count). The van der Waals surface area contributed by atoms with Crippen LogP contribution in [0.25, 0.3) is 15.6 Å². The second-order valence-corrected chi connectivity index (χ2v) is 6.27. The maximum atomic E-state index is 12.2. The molecule has 1 aromatic carbocycles. The Morgan fingerprint density at radius 1 is 1.17 bits per heavy atom. The molecule has 0 aliphatic heterocycles. The monoisotopic (exact) mass is 345 g/mol. The SMILES string of the molecule is O=c1c2ccc(Cl)c(Cl)c2[se]n1-c1ncccn1. The third-order valence-corrected chi connectivity index (χ3v) is 5.79. The van der Waals surface area contributed by atoms with Crippen LogP contribution in [-0.4, -0.2) is 28.3 Å². The number of nitrogens with zero attached hydrogens (tertiary/aromatic N) is 3. The summed E-state index contributed by atoms with van der Waals surface area (Å²) in [4.78, 5) is 20.4. The molecule has 0 atom stereocenters. The van der Waals surface area contributed by atoms with E-state index in [2.05, 4.69) is 9.97 Å². The normalized spacial score (nSPS) is 11.0. The predicted octanol–water partition coefficient (Wildman–Crippen LogP) is 2.14. The van der Waals surface area contributed by atoms with Crippen molar-refractivity contribution in [2.75, 3.05) is 0 Å². The average molecular weight is 345 g/mol. The molecule has 0 fully saturated rings. The van der Waals surface area contributed by atoms with Crippen LogP contribution in [0.4, 0.5) is 0 Å². The molecule has 0 N–H and O–H groups in total. The molecule has 0 aliphatic rings. The molecule has 2 aromatic heterocycles. The molecule has 0 unspecified atom stereocenters. The van der Waals surface area contributed by atoms with Crippen LogP contribution in [0.2, 0.25) is 10.0 Å². The van der Waals surface area contributed by atoms with E-state index in [-0.39, 0.29) is 20.3 Å². The Kier molecular flexibility index (Phi) is 2.99. The van der Waals surface area contributed by atoms with Crippen LogP contribution in [0, 0.1) is 0 Å². The Labute approximate surface area is 118 Å². The molecule has 90 valence electrons. The number of rotatable bonds is 1. The van der Waals surface area contributed by atoms with Gasteiger partial charge in [-0.05, 0) is 0 Å². The molecule has 18 heavy (non-hydrogen) atoms. The van der Waals surface area contributed by atoms with Gasteiger partial charge in [-0.15, -0.1) is 0 Å². The van der Waals surface area contributed by atoms with E-state index in [4.69, 9.17) is 23.2 Å². The first-order valence-corrected chi connectivity index (χ1v) is 7.34. The Bertz CT molecular complexity index is 782. The molecule has 0 saturated heterocycles. The predicted molar refractivity (Wildman–Crippen MR) is 72.1 cm³/mol. The summed E-state index contributed by atoms with van der Waals surface area (Å²) in [6.07, 6.45) is 3.20. The molecule has 0 aliphatic carbocycles. The minimum atomic E-state index is -0.282. The molecular weight excluding hydrogens is 340 g/mol. The van der Waals surface area contributed by atoms with Gasteiger partial charge in [0.2, 0.25) is 0 Å². The van der Waals surface area contributed by atoms with Crippen molar-refractivity contribution in [2.45, 2.75) is 0 Å². The fourth-order valence-electron chi connectivity index (χ4n) is 1.56. The first-order valence-electron chi connectivity index (χ1n) is 4.96. The quantitative estimate of drug-likeness (QED) is 0.635. The summed E-state index contributed by atoms with van der Waals surface area (Å²) in [5.74, 6) is 0.394. The van der Waals surface area contributed by atoms with E-state index in [1.54, 1.807) is 34.2 Å². The van der Waals surface area contributed by atoms with Crippen LogP contribution < -0.4 is 5.56 Å². The molecule has 2 heterocycles. The van der Waals surface area contributed by atoms with E-state index in [9.17, 15) is 4.79 Å². The number of hydrogen-bond acceptors (Lipinski definition) is 3. The van der Waals surface area contributed by atoms with Crippen LogP contribution in [0.3, 0.4) is 0 Å². The second kappa shape index (κ2) is 4.52. The third-order valence-electron chi connectivity index (χ3n) is 2.38. The van der Waals surface area contributed by atoms with Gasteiger partial charge in [0.1, 0.15) is 0 Å². The zero-order chi connectivity index (χ0) is 12.7. The van der Waals surface area contributed by atoms with Gasteiger partial charge in [-0.2, -0.15) is 0 Å². The zero-order valence-electron chi connectivity index (χ0n) is 8.80. The number of aromatic nitrogens is 3. The molecule has 3 aromatic rings. The number of benzene rings is 1. The number of hydrogen-bond donors (Lipinski definition) is 0. The van der Waals surface area contributed by atoms with E-state index in [1.807, 2.05) is 0 Å². The van der Waals surface area contributed by atoms with Crippen LogP contribution in [0.5, 0.6) is 0 Å². The zero-order valence-corrected chi connectivity index (χ0v) is 12.0. The first kappa shape index (κ1) is 11.9. The van der Waals surface area contributed by atoms with Crippen molar-refractivity contribution in [3.8, 4) is 5.95 Å². The van der Waals surface area contributed by atoms with Gasteiger partial charge in [-0.1, -0.05) is 0 Å². The first-order chi connectivity index (χ1) is 8.68. The Morgan fingerprint density at radius 3 is 2.61 bits per heavy atom. The maximum absolute atomic E-state index is 12.2. The molecule has 0 amide bonds. The Hall–Kier alpha value is -1.13. The van der Waals surface area contributed by atoms with Crippen molar-refractivity contribution in [3.05, 3.63) is 51.0 Å². The van der Waals surface area contributed by atoms with Crippen LogP contribution in [0.15, 0.2) is 35.4 Å². The molecule has 4 nitrogen and oxygen atoms in total. The van der Waals surface area contributed by atoms with Crippen LogP contribution in [0.1, 0.15) is 0 Å². The van der Waals surface area contributed by atoms with Crippen LogP contribution >= 0.6 is 23.2 Å². The van der Waals surface area contributed by atoms with Gasteiger partial charge in [-0.3, -0.25) is 0 Å². The van der Waals surface area contributed by atoms with Gasteiger partial charge in [0, 0.05) is 0 Å². The van der Waals surface area contributed by atoms with Gasteiger partial charge in [0.25, 0.3) is 0 Å². The van der Waals surface area contributed by atoms with Gasteiger partial charge in [0.15, 0.2) is 0 Å². The van der Waals surface area contributed by atoms with Gasteiger partial charge < -0.3 is 0 Å². The molecule has 0 bridgehead atoms. The van der Waals surface area contributed by atoms with E-state index in [1.165, 1.54) is 0 Å². The molecule has 0 radical (unpaired) electrons. The van der Waals surface area contributed by atoms with Crippen molar-refractivity contribution in [1.29, 1.82) is 0 Å². The average Bonchev–Trinajstić information content (AvgIpc) is 2.73. The van der Waals surface area contributed by atoms with Crippen LogP contribution in [-0.2, 0) is 0 Å². The van der Waals surface area contributed by atoms with Crippen molar-refractivity contribution in [2.24, 2.45) is 0 Å². The summed E-state index contributed by atoms with van der Waals surface area (Å²) in [7, 11) is 0. The summed E-state index contributed by atoms with van der Waals surface area (Å²) in [6, 6.07) is 5.02. The molecule has 0 spiro atoms. The fraction of sp³-hybridized carbons (Fsp3) is 0. The topological polar surface area (TPSA) is 47.8 Å². The van der Waals surface area contributed by atoms with Crippen molar-refractivity contribution in [1.82, 2.24) is 13.5 Å². The standard InChI is InChI=1S/C11H5Cl2N3OSe/c12-7-3-2-6-9(8(7)13)18-16(10(6)17)11-14-4-1-5-15-11/h1-5H. The summed E-state index contributed by atoms with van der Waals surface area (Å²) < 4.78 is 2.33. The summed E-state index contributed by atoms with van der Waals surface area (Å²) >= 11 is 11.8. The van der Waals surface area contributed by atoms with Crippen molar-refractivity contribution >= 4 is 47.6 Å². The van der Waals surface area contributed by atoms with E-state index >= 15 is 0 Å². The number of halogens is 2. The van der Waals surface area contributed by atoms with Gasteiger partial charge in [0.05, 0.1) is 0 Å². The van der Waals surface area contributed by atoms with E-state index in [0.29, 0.717) is 21.4 Å². The summed E-state index contributed by atoms with van der Waals surface area (Å²) in [5, 5.41) is 1.48. The second-order valence-electron chi connectivity index (χ2n) is 3.48. The molecular formula is C11H5Cl2N3OSe. The molecule has 0 saturated carbocycles. The van der Waals surface area contributed by atoms with Crippen molar-refractivity contribution < 1.29 is 0 Å². The third kappa shape index (κ3) is 1.80. The summed E-state index contributed by atoms with van der Waals surface area (Å²) in [6.45, 7) is 0. The van der Waals surface area contributed by atoms with Gasteiger partial charge in [-0.25, -0.2) is 0 Å². The fourth-order valence-corrected chi connectivity index (χ4v) is 4.25. The Morgan fingerprint density at radius 2 is 1.89 bits per heavy atom. The minimum absolute atomic E-state index is 0.130. The van der Waals surface area contributed by atoms with E-state index in [0.717, 1.165) is 4.26 Å². The number of fused-ring (bicyclic) bond motifs is 1. The Balaban J connectivity index is 2.37. The van der Waals surface area contributed by atoms with Crippen molar-refractivity contribution in [3.63, 3.8) is 0 Å². The molecule has 7 heteroatoms. The summed E-state index contributed by atoms with van der Waals surface area (Å²) in [5.41, 5.74) is -0.130.